The molecule has 0 heterocycles. The zero-order valence-electron chi connectivity index (χ0n) is 14.6. The maximum Gasteiger partial charge on any atom is -0.0351 e. The topological polar surface area (TPSA) is 0 Å². The molecule has 0 fully saturated rings. The van der Waals surface area contributed by atoms with Gasteiger partial charge in [0.15, 0.2) is 0 Å². The van der Waals surface area contributed by atoms with Crippen LogP contribution in [0.4, 0.5) is 0 Å². The van der Waals surface area contributed by atoms with Gasteiger partial charge in [-0.1, -0.05) is 109 Å². The molecule has 0 saturated heterocycles. The molecule has 0 aliphatic carbocycles. The molecule has 0 aromatic heterocycles. The Balaban J connectivity index is 2.96. The summed E-state index contributed by atoms with van der Waals surface area (Å²) in [6, 6.07) is 0. The molecule has 0 atom stereocenters. The Kier molecular flexibility index (Phi) is 19.5. The smallest absolute Gasteiger partial charge is 0.0351 e. The number of hydrogen-bond donors (Lipinski definition) is 0. The van der Waals surface area contributed by atoms with Crippen molar-refractivity contribution < 1.29 is 0 Å². The van der Waals surface area contributed by atoms with Crippen molar-refractivity contribution in [2.45, 2.75) is 109 Å². The van der Waals surface area contributed by atoms with Crippen molar-refractivity contribution in [3.63, 3.8) is 0 Å². The summed E-state index contributed by atoms with van der Waals surface area (Å²) < 4.78 is 0. The summed E-state index contributed by atoms with van der Waals surface area (Å²) in [5.41, 5.74) is 0. The van der Waals surface area contributed by atoms with E-state index in [-0.39, 0.29) is 0 Å². The van der Waals surface area contributed by atoms with Gasteiger partial charge in [0.25, 0.3) is 0 Å². The van der Waals surface area contributed by atoms with Crippen molar-refractivity contribution in [1.82, 2.24) is 0 Å². The van der Waals surface area contributed by atoms with Crippen molar-refractivity contribution >= 4 is 0 Å². The van der Waals surface area contributed by atoms with Crippen molar-refractivity contribution in [2.75, 3.05) is 0 Å². The molecule has 0 nitrogen and oxygen atoms in total. The van der Waals surface area contributed by atoms with E-state index in [2.05, 4.69) is 26.0 Å². The SMILES string of the molecule is [CH2]CCC=CCCCCCCCCCCCCCCC[CH2]. The number of unbranched alkanes of at least 4 members (excludes halogenated alkanes) is 15. The third-order valence-electron chi connectivity index (χ3n) is 4.16. The monoisotopic (exact) mass is 292 g/mol. The fourth-order valence-electron chi connectivity index (χ4n) is 2.74. The van der Waals surface area contributed by atoms with E-state index in [4.69, 9.17) is 0 Å². The third-order valence-corrected chi connectivity index (χ3v) is 4.16. The maximum atomic E-state index is 3.89. The Hall–Kier alpha value is -0.260. The molecule has 0 aliphatic rings. The van der Waals surface area contributed by atoms with Gasteiger partial charge in [-0.2, -0.15) is 0 Å². The molecule has 0 aromatic rings. The van der Waals surface area contributed by atoms with Crippen LogP contribution in [0.3, 0.4) is 0 Å². The Morgan fingerprint density at radius 1 is 0.381 bits per heavy atom. The van der Waals surface area contributed by atoms with Crippen molar-refractivity contribution in [3.8, 4) is 0 Å². The highest BCUT2D eigenvalue weighted by Crippen LogP contribution is 2.13. The minimum atomic E-state index is 1.03. The average molecular weight is 293 g/mol. The van der Waals surface area contributed by atoms with Gasteiger partial charge in [-0.25, -0.2) is 0 Å². The minimum absolute atomic E-state index is 1.03. The molecule has 0 heteroatoms. The van der Waals surface area contributed by atoms with Gasteiger partial charge in [0.1, 0.15) is 0 Å². The summed E-state index contributed by atoms with van der Waals surface area (Å²) in [5, 5.41) is 0. The van der Waals surface area contributed by atoms with E-state index in [0.29, 0.717) is 0 Å². The molecule has 0 saturated carbocycles. The van der Waals surface area contributed by atoms with Gasteiger partial charge in [0, 0.05) is 0 Å². The largest absolute Gasteiger partial charge is 0.0885 e. The minimum Gasteiger partial charge on any atom is -0.0885 e. The van der Waals surface area contributed by atoms with E-state index < -0.39 is 0 Å². The lowest BCUT2D eigenvalue weighted by molar-refractivity contribution is 0.537. The normalized spacial score (nSPS) is 11.5. The molecule has 0 N–H and O–H groups in total. The third kappa shape index (κ3) is 19.7. The van der Waals surface area contributed by atoms with E-state index in [1.165, 1.54) is 89.9 Å². The van der Waals surface area contributed by atoms with Crippen molar-refractivity contribution in [1.29, 1.82) is 0 Å². The Morgan fingerprint density at radius 3 is 1.19 bits per heavy atom. The molecular formula is C21H40. The number of hydrogen-bond acceptors (Lipinski definition) is 0. The van der Waals surface area contributed by atoms with E-state index >= 15 is 0 Å². The van der Waals surface area contributed by atoms with Gasteiger partial charge in [0.2, 0.25) is 0 Å². The van der Waals surface area contributed by atoms with Crippen molar-refractivity contribution in [2.24, 2.45) is 0 Å². The lowest BCUT2D eigenvalue weighted by atomic mass is 10.0. The molecule has 124 valence electrons. The summed E-state index contributed by atoms with van der Waals surface area (Å²) in [6.45, 7) is 7.73. The first kappa shape index (κ1) is 20.7. The Labute approximate surface area is 135 Å². The summed E-state index contributed by atoms with van der Waals surface area (Å²) in [7, 11) is 0. The first-order valence-corrected chi connectivity index (χ1v) is 9.65. The van der Waals surface area contributed by atoms with Gasteiger partial charge in [-0.05, 0) is 25.7 Å². The fourth-order valence-corrected chi connectivity index (χ4v) is 2.74. The molecule has 2 radical (unpaired) electrons. The van der Waals surface area contributed by atoms with Crippen LogP contribution < -0.4 is 0 Å². The van der Waals surface area contributed by atoms with Crippen LogP contribution in [-0.2, 0) is 0 Å². The van der Waals surface area contributed by atoms with E-state index in [1.807, 2.05) is 0 Å². The van der Waals surface area contributed by atoms with E-state index in [1.54, 1.807) is 0 Å². The first-order valence-electron chi connectivity index (χ1n) is 9.65. The summed E-state index contributed by atoms with van der Waals surface area (Å²) >= 11 is 0. The average Bonchev–Trinajstić information content (AvgIpc) is 2.50. The van der Waals surface area contributed by atoms with E-state index in [9.17, 15) is 0 Å². The molecular weight excluding hydrogens is 252 g/mol. The lowest BCUT2D eigenvalue weighted by Gasteiger charge is -2.02. The van der Waals surface area contributed by atoms with Crippen LogP contribution >= 0.6 is 0 Å². The van der Waals surface area contributed by atoms with Crippen molar-refractivity contribution in [3.05, 3.63) is 26.0 Å². The lowest BCUT2D eigenvalue weighted by Crippen LogP contribution is -1.83. The van der Waals surface area contributed by atoms with Crippen LogP contribution in [0.15, 0.2) is 12.2 Å². The number of rotatable bonds is 17. The summed E-state index contributed by atoms with van der Waals surface area (Å²) in [5.74, 6) is 0. The highest BCUT2D eigenvalue weighted by Gasteiger charge is 1.93. The molecule has 21 heavy (non-hydrogen) atoms. The zero-order chi connectivity index (χ0) is 15.4. The van der Waals surface area contributed by atoms with Crippen LogP contribution in [0, 0.1) is 13.8 Å². The van der Waals surface area contributed by atoms with Crippen LogP contribution in [0.2, 0.25) is 0 Å². The van der Waals surface area contributed by atoms with Gasteiger partial charge >= 0.3 is 0 Å². The van der Waals surface area contributed by atoms with Crippen LogP contribution in [0.5, 0.6) is 0 Å². The highest BCUT2D eigenvalue weighted by molar-refractivity contribution is 4.81. The summed E-state index contributed by atoms with van der Waals surface area (Å²) in [6.07, 6.45) is 27.8. The fraction of sp³-hybridized carbons (Fsp3) is 0.810. The van der Waals surface area contributed by atoms with Crippen LogP contribution in [-0.4, -0.2) is 0 Å². The number of allylic oxidation sites excluding steroid dienone is 2. The molecule has 0 aromatic carbocycles. The molecule has 0 unspecified atom stereocenters. The molecule has 0 rings (SSSR count). The molecule has 0 aliphatic heterocycles. The second kappa shape index (κ2) is 19.7. The van der Waals surface area contributed by atoms with Crippen LogP contribution in [0.1, 0.15) is 109 Å². The van der Waals surface area contributed by atoms with E-state index in [0.717, 1.165) is 19.3 Å². The predicted molar refractivity (Wildman–Crippen MR) is 98.3 cm³/mol. The van der Waals surface area contributed by atoms with Gasteiger partial charge in [-0.3, -0.25) is 0 Å². The zero-order valence-corrected chi connectivity index (χ0v) is 14.6. The Bertz CT molecular complexity index is 192. The Morgan fingerprint density at radius 2 is 0.762 bits per heavy atom. The second-order valence-electron chi connectivity index (χ2n) is 6.35. The predicted octanol–water partition coefficient (Wildman–Crippen LogP) is 7.84. The van der Waals surface area contributed by atoms with Gasteiger partial charge in [0.05, 0.1) is 0 Å². The molecule has 0 spiro atoms. The molecule has 0 bridgehead atoms. The summed E-state index contributed by atoms with van der Waals surface area (Å²) in [4.78, 5) is 0. The second-order valence-corrected chi connectivity index (χ2v) is 6.35. The van der Waals surface area contributed by atoms with Crippen LogP contribution in [0.25, 0.3) is 0 Å². The molecule has 0 amide bonds. The quantitative estimate of drug-likeness (QED) is 0.189. The maximum absolute atomic E-state index is 3.89. The van der Waals surface area contributed by atoms with Gasteiger partial charge in [-0.15, -0.1) is 0 Å². The first-order chi connectivity index (χ1) is 10.4. The standard InChI is InChI=1S/C21H40/c1-3-5-7-9-11-13-15-17-19-21-20-18-16-14-12-10-8-6-4-2/h7,9H,1-6,8,10-21H2. The highest BCUT2D eigenvalue weighted by atomic mass is 14.0. The van der Waals surface area contributed by atoms with Gasteiger partial charge < -0.3 is 0 Å².